The average Bonchev–Trinajstić information content (AvgIpc) is 3.24. The molecule has 2 aromatic heterocycles. The van der Waals surface area contributed by atoms with Crippen LogP contribution in [0.15, 0.2) is 54.9 Å². The van der Waals surface area contributed by atoms with Crippen molar-refractivity contribution in [2.24, 2.45) is 0 Å². The van der Waals surface area contributed by atoms with Crippen LogP contribution in [0.4, 0.5) is 10.5 Å². The molecule has 1 aliphatic rings. The van der Waals surface area contributed by atoms with Gasteiger partial charge in [-0.25, -0.2) is 9.78 Å². The van der Waals surface area contributed by atoms with E-state index in [1.165, 1.54) is 4.90 Å². The van der Waals surface area contributed by atoms with Crippen LogP contribution in [0.25, 0.3) is 5.65 Å². The number of benzene rings is 1. The van der Waals surface area contributed by atoms with Gasteiger partial charge in [0.25, 0.3) is 0 Å². The number of carbonyl (C=O) groups excluding carboxylic acids is 2. The summed E-state index contributed by atoms with van der Waals surface area (Å²) in [6.45, 7) is 1.39. The summed E-state index contributed by atoms with van der Waals surface area (Å²) in [6, 6.07) is 12.6. The Morgan fingerprint density at radius 2 is 1.96 bits per heavy atom. The minimum atomic E-state index is -0.210. The molecule has 1 aliphatic heterocycles. The van der Waals surface area contributed by atoms with Gasteiger partial charge in [-0.05, 0) is 36.4 Å². The summed E-state index contributed by atoms with van der Waals surface area (Å²) in [6.07, 6.45) is 3.78. The smallest absolute Gasteiger partial charge is 0.325 e. The molecule has 0 saturated carbocycles. The molecule has 3 aromatic rings. The average molecular weight is 384 g/mol. The van der Waals surface area contributed by atoms with Crippen molar-refractivity contribution in [1.29, 1.82) is 0 Å². The molecule has 7 nitrogen and oxygen atoms in total. The number of urea groups is 1. The van der Waals surface area contributed by atoms with Crippen LogP contribution in [0.5, 0.6) is 0 Å². The van der Waals surface area contributed by atoms with E-state index < -0.39 is 0 Å². The highest BCUT2D eigenvalue weighted by Crippen LogP contribution is 2.22. The first-order valence-corrected chi connectivity index (χ1v) is 8.99. The topological polar surface area (TPSA) is 70.0 Å². The maximum absolute atomic E-state index is 12.5. The van der Waals surface area contributed by atoms with Gasteiger partial charge in [0.15, 0.2) is 0 Å². The van der Waals surface area contributed by atoms with Gasteiger partial charge in [0.2, 0.25) is 5.91 Å². The zero-order valence-corrected chi connectivity index (χ0v) is 15.3. The van der Waals surface area contributed by atoms with E-state index in [1.54, 1.807) is 29.2 Å². The standard InChI is InChI=1S/C19H18ClN5O2/c20-14-4-6-16(7-5-14)25-10-9-24(19(25)27)13-18(26)21-11-15-12-23-8-2-1-3-17(23)22-15/h1-8,12H,9-11,13H2,(H,21,26). The van der Waals surface area contributed by atoms with Crippen molar-refractivity contribution in [2.45, 2.75) is 6.54 Å². The number of anilines is 1. The Bertz CT molecular complexity index is 952. The number of amides is 3. The number of rotatable bonds is 5. The number of nitrogens with one attached hydrogen (secondary N) is 1. The normalized spacial score (nSPS) is 14.2. The van der Waals surface area contributed by atoms with Gasteiger partial charge in [-0.2, -0.15) is 0 Å². The van der Waals surface area contributed by atoms with Crippen molar-refractivity contribution in [2.75, 3.05) is 24.5 Å². The first kappa shape index (κ1) is 17.4. The van der Waals surface area contributed by atoms with Crippen LogP contribution in [0.3, 0.4) is 0 Å². The molecule has 138 valence electrons. The molecule has 3 heterocycles. The first-order chi connectivity index (χ1) is 13.1. The van der Waals surface area contributed by atoms with E-state index in [1.807, 2.05) is 35.0 Å². The third-order valence-corrected chi connectivity index (χ3v) is 4.70. The second-order valence-corrected chi connectivity index (χ2v) is 6.74. The van der Waals surface area contributed by atoms with Crippen LogP contribution < -0.4 is 10.2 Å². The second-order valence-electron chi connectivity index (χ2n) is 6.31. The molecular formula is C19H18ClN5O2. The molecule has 0 atom stereocenters. The molecule has 0 radical (unpaired) electrons. The number of hydrogen-bond acceptors (Lipinski definition) is 3. The van der Waals surface area contributed by atoms with Gasteiger partial charge < -0.3 is 14.6 Å². The number of imidazole rings is 1. The van der Waals surface area contributed by atoms with Crippen LogP contribution in [0.1, 0.15) is 5.69 Å². The van der Waals surface area contributed by atoms with E-state index in [0.29, 0.717) is 24.7 Å². The van der Waals surface area contributed by atoms with Gasteiger partial charge >= 0.3 is 6.03 Å². The first-order valence-electron chi connectivity index (χ1n) is 8.61. The molecule has 1 saturated heterocycles. The summed E-state index contributed by atoms with van der Waals surface area (Å²) >= 11 is 5.89. The maximum Gasteiger partial charge on any atom is 0.325 e. The fourth-order valence-corrected chi connectivity index (χ4v) is 3.21. The molecule has 1 N–H and O–H groups in total. The Labute approximate surface area is 161 Å². The minimum absolute atomic E-state index is 0.0241. The van der Waals surface area contributed by atoms with E-state index in [0.717, 1.165) is 17.0 Å². The maximum atomic E-state index is 12.5. The number of halogens is 1. The Morgan fingerprint density at radius 1 is 1.15 bits per heavy atom. The van der Waals surface area contributed by atoms with Gasteiger partial charge in [0.1, 0.15) is 12.2 Å². The Kier molecular flexibility index (Phi) is 4.68. The monoisotopic (exact) mass is 383 g/mol. The SMILES string of the molecule is O=C(CN1CCN(c2ccc(Cl)cc2)C1=O)NCc1cn2ccccc2n1. The number of pyridine rings is 1. The van der Waals surface area contributed by atoms with E-state index in [4.69, 9.17) is 11.6 Å². The van der Waals surface area contributed by atoms with Crippen LogP contribution in [0, 0.1) is 0 Å². The number of fused-ring (bicyclic) bond motifs is 1. The molecule has 0 aliphatic carbocycles. The second kappa shape index (κ2) is 7.28. The van der Waals surface area contributed by atoms with E-state index in [-0.39, 0.29) is 18.5 Å². The van der Waals surface area contributed by atoms with Gasteiger partial charge in [0, 0.05) is 36.2 Å². The number of nitrogens with zero attached hydrogens (tertiary/aromatic N) is 4. The summed E-state index contributed by atoms with van der Waals surface area (Å²) in [5.74, 6) is -0.210. The van der Waals surface area contributed by atoms with E-state index in [9.17, 15) is 9.59 Å². The zero-order valence-electron chi connectivity index (χ0n) is 14.5. The quantitative estimate of drug-likeness (QED) is 0.736. The summed E-state index contributed by atoms with van der Waals surface area (Å²) in [4.78, 5) is 32.4. The zero-order chi connectivity index (χ0) is 18.8. The van der Waals surface area contributed by atoms with E-state index in [2.05, 4.69) is 10.3 Å². The molecule has 3 amide bonds. The molecule has 0 unspecified atom stereocenters. The van der Waals surface area contributed by atoms with Crippen molar-refractivity contribution >= 4 is 34.9 Å². The Hall–Kier alpha value is -3.06. The molecule has 0 spiro atoms. The van der Waals surface area contributed by atoms with Gasteiger partial charge in [-0.1, -0.05) is 17.7 Å². The molecular weight excluding hydrogens is 366 g/mol. The molecule has 1 aromatic carbocycles. The summed E-state index contributed by atoms with van der Waals surface area (Å²) in [7, 11) is 0. The Balaban J connectivity index is 1.33. The summed E-state index contributed by atoms with van der Waals surface area (Å²) in [5, 5.41) is 3.44. The fraction of sp³-hybridized carbons (Fsp3) is 0.211. The van der Waals surface area contributed by atoms with Gasteiger partial charge in [-0.15, -0.1) is 0 Å². The van der Waals surface area contributed by atoms with Crippen LogP contribution in [-0.4, -0.2) is 45.9 Å². The van der Waals surface area contributed by atoms with Crippen LogP contribution in [-0.2, 0) is 11.3 Å². The third-order valence-electron chi connectivity index (χ3n) is 4.45. The molecule has 0 bridgehead atoms. The summed E-state index contributed by atoms with van der Waals surface area (Å²) < 4.78 is 1.90. The highest BCUT2D eigenvalue weighted by Gasteiger charge is 2.30. The molecule has 27 heavy (non-hydrogen) atoms. The fourth-order valence-electron chi connectivity index (χ4n) is 3.08. The highest BCUT2D eigenvalue weighted by molar-refractivity contribution is 6.30. The minimum Gasteiger partial charge on any atom is -0.349 e. The van der Waals surface area contributed by atoms with Crippen LogP contribution in [0.2, 0.25) is 5.02 Å². The van der Waals surface area contributed by atoms with Crippen molar-refractivity contribution in [3.05, 3.63) is 65.6 Å². The molecule has 4 rings (SSSR count). The van der Waals surface area contributed by atoms with Crippen molar-refractivity contribution in [1.82, 2.24) is 19.6 Å². The lowest BCUT2D eigenvalue weighted by Crippen LogP contribution is -2.39. The number of aromatic nitrogens is 2. The number of carbonyl (C=O) groups is 2. The molecule has 1 fully saturated rings. The molecule has 8 heteroatoms. The van der Waals surface area contributed by atoms with Crippen LogP contribution >= 0.6 is 11.6 Å². The highest BCUT2D eigenvalue weighted by atomic mass is 35.5. The van der Waals surface area contributed by atoms with Gasteiger partial charge in [0.05, 0.1) is 12.2 Å². The largest absolute Gasteiger partial charge is 0.349 e. The lowest BCUT2D eigenvalue weighted by Gasteiger charge is -2.18. The van der Waals surface area contributed by atoms with Crippen molar-refractivity contribution in [3.63, 3.8) is 0 Å². The summed E-state index contributed by atoms with van der Waals surface area (Å²) in [5.41, 5.74) is 2.37. The lowest BCUT2D eigenvalue weighted by atomic mass is 10.3. The predicted octanol–water partition coefficient (Wildman–Crippen LogP) is 2.55. The lowest BCUT2D eigenvalue weighted by molar-refractivity contribution is -0.121. The van der Waals surface area contributed by atoms with E-state index >= 15 is 0 Å². The van der Waals surface area contributed by atoms with Gasteiger partial charge in [-0.3, -0.25) is 9.69 Å². The number of hydrogen-bond donors (Lipinski definition) is 1. The van der Waals surface area contributed by atoms with Crippen molar-refractivity contribution in [3.8, 4) is 0 Å². The Morgan fingerprint density at radius 3 is 2.74 bits per heavy atom. The van der Waals surface area contributed by atoms with Crippen molar-refractivity contribution < 1.29 is 9.59 Å². The predicted molar refractivity (Wildman–Crippen MR) is 103 cm³/mol. The third kappa shape index (κ3) is 3.73.